The number of benzene rings is 1. The molecule has 0 aliphatic carbocycles. The summed E-state index contributed by atoms with van der Waals surface area (Å²) in [6.07, 6.45) is 0.280. The second kappa shape index (κ2) is 7.74. The molecular weight excluding hydrogens is 282 g/mol. The van der Waals surface area contributed by atoms with Crippen LogP contribution >= 0.6 is 11.8 Å². The van der Waals surface area contributed by atoms with Crippen LogP contribution in [0.25, 0.3) is 0 Å². The number of thioether (sulfide) groups is 1. The second-order valence-corrected chi connectivity index (χ2v) is 5.54. The van der Waals surface area contributed by atoms with Gasteiger partial charge >= 0.3 is 11.7 Å². The zero-order valence-electron chi connectivity index (χ0n) is 11.6. The van der Waals surface area contributed by atoms with Crippen LogP contribution < -0.4 is 4.74 Å². The molecule has 0 saturated heterocycles. The third-order valence-electron chi connectivity index (χ3n) is 2.45. The van der Waals surface area contributed by atoms with Crippen LogP contribution in [0.1, 0.15) is 20.3 Å². The Morgan fingerprint density at radius 3 is 2.75 bits per heavy atom. The second-order valence-electron chi connectivity index (χ2n) is 4.03. The lowest BCUT2D eigenvalue weighted by molar-refractivity contribution is -0.385. The molecule has 1 aromatic carbocycles. The van der Waals surface area contributed by atoms with Gasteiger partial charge in [0, 0.05) is 22.3 Å². The van der Waals surface area contributed by atoms with Gasteiger partial charge in [0.05, 0.1) is 25.1 Å². The summed E-state index contributed by atoms with van der Waals surface area (Å²) >= 11 is 1.44. The molecule has 1 aromatic rings. The smallest absolute Gasteiger partial charge is 0.310 e. The van der Waals surface area contributed by atoms with E-state index in [9.17, 15) is 14.9 Å². The monoisotopic (exact) mass is 299 g/mol. The van der Waals surface area contributed by atoms with Crippen LogP contribution in [-0.2, 0) is 9.53 Å². The lowest BCUT2D eigenvalue weighted by atomic mass is 10.3. The van der Waals surface area contributed by atoms with E-state index in [0.29, 0.717) is 6.61 Å². The van der Waals surface area contributed by atoms with Crippen LogP contribution in [-0.4, -0.2) is 29.9 Å². The molecule has 0 aromatic heterocycles. The lowest BCUT2D eigenvalue weighted by Gasteiger charge is -2.11. The molecule has 7 heteroatoms. The van der Waals surface area contributed by atoms with Gasteiger partial charge < -0.3 is 9.47 Å². The van der Waals surface area contributed by atoms with Gasteiger partial charge in [0.25, 0.3) is 0 Å². The van der Waals surface area contributed by atoms with Crippen molar-refractivity contribution < 1.29 is 19.2 Å². The summed E-state index contributed by atoms with van der Waals surface area (Å²) in [7, 11) is 1.35. The predicted molar refractivity (Wildman–Crippen MR) is 76.2 cm³/mol. The third-order valence-corrected chi connectivity index (χ3v) is 3.54. The number of nitrogens with zero attached hydrogens (tertiary/aromatic N) is 1. The number of methoxy groups -OCH3 is 1. The first-order valence-corrected chi connectivity index (χ1v) is 7.00. The number of carbonyl (C=O) groups is 1. The van der Waals surface area contributed by atoms with E-state index in [1.807, 2.05) is 6.92 Å². The zero-order chi connectivity index (χ0) is 15.1. The molecule has 0 spiro atoms. The van der Waals surface area contributed by atoms with Crippen molar-refractivity contribution in [2.45, 2.75) is 30.4 Å². The Hall–Kier alpha value is -1.76. The van der Waals surface area contributed by atoms with Crippen molar-refractivity contribution in [2.75, 3.05) is 13.7 Å². The highest BCUT2D eigenvalue weighted by Gasteiger charge is 2.17. The molecule has 0 fully saturated rings. The van der Waals surface area contributed by atoms with Crippen LogP contribution in [0.2, 0.25) is 0 Å². The van der Waals surface area contributed by atoms with Crippen LogP contribution in [0.3, 0.4) is 0 Å². The zero-order valence-corrected chi connectivity index (χ0v) is 12.4. The highest BCUT2D eigenvalue weighted by atomic mass is 32.2. The standard InChI is InChI=1S/C13H17NO5S/c1-4-19-12-8-10(5-6-11(12)14(16)17)20-9(2)7-13(15)18-3/h5-6,8-9H,4,7H2,1-3H3. The van der Waals surface area contributed by atoms with E-state index in [-0.39, 0.29) is 29.1 Å². The van der Waals surface area contributed by atoms with Crippen molar-refractivity contribution >= 4 is 23.4 Å². The Bertz CT molecular complexity index is 492. The maximum Gasteiger partial charge on any atom is 0.310 e. The van der Waals surface area contributed by atoms with E-state index in [1.54, 1.807) is 19.1 Å². The van der Waals surface area contributed by atoms with Crippen molar-refractivity contribution in [3.63, 3.8) is 0 Å². The minimum absolute atomic E-state index is 0.0124. The molecule has 20 heavy (non-hydrogen) atoms. The molecule has 6 nitrogen and oxygen atoms in total. The van der Waals surface area contributed by atoms with E-state index >= 15 is 0 Å². The molecular formula is C13H17NO5S. The number of ether oxygens (including phenoxy) is 2. The molecule has 0 heterocycles. The molecule has 1 unspecified atom stereocenters. The number of esters is 1. The van der Waals surface area contributed by atoms with Crippen LogP contribution in [0.15, 0.2) is 23.1 Å². The number of hydrogen-bond donors (Lipinski definition) is 0. The Morgan fingerprint density at radius 2 is 2.20 bits per heavy atom. The molecule has 0 N–H and O–H groups in total. The summed E-state index contributed by atoms with van der Waals surface area (Å²) < 4.78 is 9.88. The SMILES string of the molecule is CCOc1cc(SC(C)CC(=O)OC)ccc1[N+](=O)[O-]. The van der Waals surface area contributed by atoms with Gasteiger partial charge in [-0.15, -0.1) is 11.8 Å². The molecule has 1 atom stereocenters. The van der Waals surface area contributed by atoms with Crippen molar-refractivity contribution in [3.8, 4) is 5.75 Å². The first kappa shape index (κ1) is 16.3. The first-order chi connectivity index (χ1) is 9.47. The van der Waals surface area contributed by atoms with Crippen molar-refractivity contribution in [1.82, 2.24) is 0 Å². The fourth-order valence-corrected chi connectivity index (χ4v) is 2.59. The van der Waals surface area contributed by atoms with Gasteiger partial charge in [-0.05, 0) is 13.0 Å². The largest absolute Gasteiger partial charge is 0.487 e. The first-order valence-electron chi connectivity index (χ1n) is 6.12. The van der Waals surface area contributed by atoms with Crippen molar-refractivity contribution in [1.29, 1.82) is 0 Å². The van der Waals surface area contributed by atoms with Gasteiger partial charge in [-0.2, -0.15) is 0 Å². The Labute approximate surface area is 121 Å². The average Bonchev–Trinajstić information content (AvgIpc) is 2.38. The van der Waals surface area contributed by atoms with E-state index in [0.717, 1.165) is 4.90 Å². The van der Waals surface area contributed by atoms with Gasteiger partial charge in [0.2, 0.25) is 0 Å². The number of nitro benzene ring substituents is 1. The number of nitro groups is 1. The number of rotatable bonds is 7. The number of hydrogen-bond acceptors (Lipinski definition) is 6. The maximum absolute atomic E-state index is 11.2. The highest BCUT2D eigenvalue weighted by Crippen LogP contribution is 2.34. The molecule has 110 valence electrons. The summed E-state index contributed by atoms with van der Waals surface area (Å²) in [6.45, 7) is 4.01. The van der Waals surface area contributed by atoms with Gasteiger partial charge in [-0.3, -0.25) is 14.9 Å². The minimum Gasteiger partial charge on any atom is -0.487 e. The van der Waals surface area contributed by atoms with Gasteiger partial charge in [0.1, 0.15) is 0 Å². The quantitative estimate of drug-likeness (QED) is 0.333. The number of carbonyl (C=O) groups excluding carboxylic acids is 1. The summed E-state index contributed by atoms with van der Waals surface area (Å²) in [6, 6.07) is 4.69. The van der Waals surface area contributed by atoms with E-state index < -0.39 is 4.92 Å². The molecule has 0 bridgehead atoms. The lowest BCUT2D eigenvalue weighted by Crippen LogP contribution is -2.08. The van der Waals surface area contributed by atoms with E-state index in [1.165, 1.54) is 24.9 Å². The topological polar surface area (TPSA) is 78.7 Å². The summed E-state index contributed by atoms with van der Waals surface area (Å²) in [4.78, 5) is 22.4. The Balaban J connectivity index is 2.83. The fourth-order valence-electron chi connectivity index (χ4n) is 1.58. The molecule has 0 saturated carbocycles. The summed E-state index contributed by atoms with van der Waals surface area (Å²) in [5, 5.41) is 10.9. The average molecular weight is 299 g/mol. The normalized spacial score (nSPS) is 11.8. The molecule has 1 rings (SSSR count). The minimum atomic E-state index is -0.475. The van der Waals surface area contributed by atoms with E-state index in [4.69, 9.17) is 4.74 Å². The van der Waals surface area contributed by atoms with E-state index in [2.05, 4.69) is 4.74 Å². The molecule has 0 radical (unpaired) electrons. The van der Waals surface area contributed by atoms with Gasteiger partial charge in [0.15, 0.2) is 5.75 Å². The third kappa shape index (κ3) is 4.73. The predicted octanol–water partition coefficient (Wildman–Crippen LogP) is 3.04. The molecule has 0 amide bonds. The van der Waals surface area contributed by atoms with Crippen molar-refractivity contribution in [3.05, 3.63) is 28.3 Å². The summed E-state index contributed by atoms with van der Waals surface area (Å²) in [5.41, 5.74) is -0.0585. The maximum atomic E-state index is 11.2. The van der Waals surface area contributed by atoms with Crippen LogP contribution in [0.5, 0.6) is 5.75 Å². The van der Waals surface area contributed by atoms with Crippen LogP contribution in [0.4, 0.5) is 5.69 Å². The van der Waals surface area contributed by atoms with Gasteiger partial charge in [-0.25, -0.2) is 0 Å². The molecule has 0 aliphatic heterocycles. The molecule has 0 aliphatic rings. The summed E-state index contributed by atoms with van der Waals surface area (Å²) in [5.74, 6) is -0.0373. The van der Waals surface area contributed by atoms with Crippen LogP contribution in [0, 0.1) is 10.1 Å². The Kier molecular flexibility index (Phi) is 6.30. The highest BCUT2D eigenvalue weighted by molar-refractivity contribution is 8.00. The van der Waals surface area contributed by atoms with Gasteiger partial charge in [-0.1, -0.05) is 6.92 Å². The Morgan fingerprint density at radius 1 is 1.50 bits per heavy atom. The van der Waals surface area contributed by atoms with Crippen molar-refractivity contribution in [2.24, 2.45) is 0 Å². The fraction of sp³-hybridized carbons (Fsp3) is 0.462.